The molecule has 1 saturated heterocycles. The first-order valence-electron chi connectivity index (χ1n) is 9.03. The van der Waals surface area contributed by atoms with Crippen LogP contribution >= 0.6 is 0 Å². The Labute approximate surface area is 153 Å². The summed E-state index contributed by atoms with van der Waals surface area (Å²) in [7, 11) is 0. The van der Waals surface area contributed by atoms with E-state index in [-0.39, 0.29) is 11.7 Å². The van der Waals surface area contributed by atoms with Crippen molar-refractivity contribution in [3.63, 3.8) is 0 Å². The molecule has 1 aromatic carbocycles. The second-order valence-corrected chi connectivity index (χ2v) is 6.97. The number of aromatic nitrogens is 1. The van der Waals surface area contributed by atoms with Crippen LogP contribution in [0.5, 0.6) is 0 Å². The monoisotopic (exact) mass is 356 g/mol. The summed E-state index contributed by atoms with van der Waals surface area (Å²) in [6.45, 7) is 7.14. The highest BCUT2D eigenvalue weighted by atomic mass is 19.1. The van der Waals surface area contributed by atoms with Gasteiger partial charge in [0.15, 0.2) is 0 Å². The number of pyridine rings is 1. The smallest absolute Gasteiger partial charge is 0.225 e. The number of piperazine rings is 1. The van der Waals surface area contributed by atoms with Gasteiger partial charge in [-0.15, -0.1) is 0 Å². The van der Waals surface area contributed by atoms with Gasteiger partial charge in [-0.05, 0) is 30.2 Å². The van der Waals surface area contributed by atoms with Gasteiger partial charge < -0.3 is 15.1 Å². The van der Waals surface area contributed by atoms with Crippen LogP contribution in [0.4, 0.5) is 21.6 Å². The van der Waals surface area contributed by atoms with Crippen molar-refractivity contribution in [2.75, 3.05) is 41.3 Å². The standard InChI is InChI=1S/C20H25FN4O/c1-15(2)13-20(26)23-19-8-7-16(14-22-19)24-9-11-25(12-10-24)18-6-4-3-5-17(18)21/h3-8,14-15H,9-13H2,1-2H3,(H,22,23,26). The molecule has 5 nitrogen and oxygen atoms in total. The molecule has 138 valence electrons. The molecule has 26 heavy (non-hydrogen) atoms. The third kappa shape index (κ3) is 4.50. The minimum Gasteiger partial charge on any atom is -0.367 e. The molecule has 0 atom stereocenters. The van der Waals surface area contributed by atoms with Crippen LogP contribution in [-0.4, -0.2) is 37.1 Å². The van der Waals surface area contributed by atoms with Crippen molar-refractivity contribution in [2.45, 2.75) is 20.3 Å². The fraction of sp³-hybridized carbons (Fsp3) is 0.400. The second-order valence-electron chi connectivity index (χ2n) is 6.97. The van der Waals surface area contributed by atoms with E-state index in [0.29, 0.717) is 23.8 Å². The minimum absolute atomic E-state index is 0.0150. The summed E-state index contributed by atoms with van der Waals surface area (Å²) in [6.07, 6.45) is 2.27. The van der Waals surface area contributed by atoms with Crippen LogP contribution in [0.25, 0.3) is 0 Å². The van der Waals surface area contributed by atoms with E-state index in [2.05, 4.69) is 20.1 Å². The molecule has 0 unspecified atom stereocenters. The maximum Gasteiger partial charge on any atom is 0.225 e. The lowest BCUT2D eigenvalue weighted by Crippen LogP contribution is -2.46. The van der Waals surface area contributed by atoms with Gasteiger partial charge in [-0.3, -0.25) is 4.79 Å². The number of carbonyl (C=O) groups excluding carboxylic acids is 1. The molecular weight excluding hydrogens is 331 g/mol. The van der Waals surface area contributed by atoms with Crippen LogP contribution in [0, 0.1) is 11.7 Å². The van der Waals surface area contributed by atoms with Crippen LogP contribution in [-0.2, 0) is 4.79 Å². The lowest BCUT2D eigenvalue weighted by Gasteiger charge is -2.37. The van der Waals surface area contributed by atoms with E-state index in [1.165, 1.54) is 6.07 Å². The van der Waals surface area contributed by atoms with E-state index >= 15 is 0 Å². The summed E-state index contributed by atoms with van der Waals surface area (Å²) in [5, 5.41) is 2.82. The first kappa shape index (κ1) is 18.2. The lowest BCUT2D eigenvalue weighted by atomic mass is 10.1. The molecule has 0 bridgehead atoms. The number of benzene rings is 1. The zero-order valence-electron chi connectivity index (χ0n) is 15.3. The molecule has 1 aromatic heterocycles. The summed E-state index contributed by atoms with van der Waals surface area (Å²) in [4.78, 5) is 20.5. The van der Waals surface area contributed by atoms with Crippen LogP contribution in [0.2, 0.25) is 0 Å². The molecule has 0 spiro atoms. The Kier molecular flexibility index (Phi) is 5.71. The van der Waals surface area contributed by atoms with Gasteiger partial charge in [0.2, 0.25) is 5.91 Å². The maximum absolute atomic E-state index is 13.9. The number of halogens is 1. The molecule has 3 rings (SSSR count). The lowest BCUT2D eigenvalue weighted by molar-refractivity contribution is -0.116. The van der Waals surface area contributed by atoms with Crippen molar-refractivity contribution in [3.05, 3.63) is 48.4 Å². The molecule has 0 aliphatic carbocycles. The highest BCUT2D eigenvalue weighted by Gasteiger charge is 2.19. The first-order chi connectivity index (χ1) is 12.5. The van der Waals surface area contributed by atoms with E-state index in [1.807, 2.05) is 38.1 Å². The number of nitrogens with zero attached hydrogens (tertiary/aromatic N) is 3. The number of nitrogens with one attached hydrogen (secondary N) is 1. The van der Waals surface area contributed by atoms with Crippen LogP contribution < -0.4 is 15.1 Å². The Morgan fingerprint density at radius 1 is 1.12 bits per heavy atom. The Morgan fingerprint density at radius 2 is 1.81 bits per heavy atom. The number of rotatable bonds is 5. The molecule has 6 heteroatoms. The highest BCUT2D eigenvalue weighted by Crippen LogP contribution is 2.23. The van der Waals surface area contributed by atoms with E-state index in [0.717, 1.165) is 31.9 Å². The molecule has 0 radical (unpaired) electrons. The van der Waals surface area contributed by atoms with E-state index in [9.17, 15) is 9.18 Å². The van der Waals surface area contributed by atoms with Crippen molar-refractivity contribution in [3.8, 4) is 0 Å². The third-order valence-electron chi connectivity index (χ3n) is 4.45. The third-order valence-corrected chi connectivity index (χ3v) is 4.45. The van der Waals surface area contributed by atoms with Gasteiger partial charge >= 0.3 is 0 Å². The average Bonchev–Trinajstić information content (AvgIpc) is 2.62. The number of hydrogen-bond acceptors (Lipinski definition) is 4. The zero-order valence-corrected chi connectivity index (χ0v) is 15.3. The summed E-state index contributed by atoms with van der Waals surface area (Å²) in [5.41, 5.74) is 1.67. The first-order valence-corrected chi connectivity index (χ1v) is 9.03. The summed E-state index contributed by atoms with van der Waals surface area (Å²) in [6, 6.07) is 10.7. The van der Waals surface area contributed by atoms with Crippen molar-refractivity contribution < 1.29 is 9.18 Å². The Hall–Kier alpha value is -2.63. The van der Waals surface area contributed by atoms with E-state index in [1.54, 1.807) is 12.3 Å². The topological polar surface area (TPSA) is 48.5 Å². The molecule has 2 aromatic rings. The fourth-order valence-corrected chi connectivity index (χ4v) is 3.13. The summed E-state index contributed by atoms with van der Waals surface area (Å²) >= 11 is 0. The van der Waals surface area contributed by atoms with Crippen molar-refractivity contribution >= 4 is 23.1 Å². The van der Waals surface area contributed by atoms with Crippen LogP contribution in [0.1, 0.15) is 20.3 Å². The zero-order chi connectivity index (χ0) is 18.5. The molecule has 1 aliphatic rings. The van der Waals surface area contributed by atoms with Gasteiger partial charge in [0.1, 0.15) is 11.6 Å². The van der Waals surface area contributed by atoms with Gasteiger partial charge in [-0.25, -0.2) is 9.37 Å². The van der Waals surface area contributed by atoms with E-state index < -0.39 is 0 Å². The molecule has 1 amide bonds. The van der Waals surface area contributed by atoms with Crippen molar-refractivity contribution in [2.24, 2.45) is 5.92 Å². The highest BCUT2D eigenvalue weighted by molar-refractivity contribution is 5.89. The molecule has 1 N–H and O–H groups in total. The van der Waals surface area contributed by atoms with Gasteiger partial charge in [-0.1, -0.05) is 26.0 Å². The largest absolute Gasteiger partial charge is 0.367 e. The predicted molar refractivity (Wildman–Crippen MR) is 103 cm³/mol. The van der Waals surface area contributed by atoms with Gasteiger partial charge in [0.25, 0.3) is 0 Å². The van der Waals surface area contributed by atoms with Crippen LogP contribution in [0.15, 0.2) is 42.6 Å². The number of amides is 1. The normalized spacial score (nSPS) is 14.6. The minimum atomic E-state index is -0.177. The van der Waals surface area contributed by atoms with E-state index in [4.69, 9.17) is 0 Å². The second kappa shape index (κ2) is 8.17. The average molecular weight is 356 g/mol. The quantitative estimate of drug-likeness (QED) is 0.890. The van der Waals surface area contributed by atoms with Gasteiger partial charge in [-0.2, -0.15) is 0 Å². The SMILES string of the molecule is CC(C)CC(=O)Nc1ccc(N2CCN(c3ccccc3F)CC2)cn1. The Balaban J connectivity index is 1.56. The fourth-order valence-electron chi connectivity index (χ4n) is 3.13. The molecule has 1 fully saturated rings. The summed E-state index contributed by atoms with van der Waals surface area (Å²) in [5.74, 6) is 0.701. The van der Waals surface area contributed by atoms with Crippen molar-refractivity contribution in [1.82, 2.24) is 4.98 Å². The van der Waals surface area contributed by atoms with Crippen LogP contribution in [0.3, 0.4) is 0 Å². The number of anilines is 3. The Bertz CT molecular complexity index is 740. The maximum atomic E-state index is 13.9. The van der Waals surface area contributed by atoms with Gasteiger partial charge in [0, 0.05) is 32.6 Å². The van der Waals surface area contributed by atoms with Gasteiger partial charge in [0.05, 0.1) is 17.6 Å². The number of carbonyl (C=O) groups is 1. The number of para-hydroxylation sites is 1. The molecule has 0 saturated carbocycles. The summed E-state index contributed by atoms with van der Waals surface area (Å²) < 4.78 is 13.9. The predicted octanol–water partition coefficient (Wildman–Crippen LogP) is 3.53. The van der Waals surface area contributed by atoms with Crippen molar-refractivity contribution in [1.29, 1.82) is 0 Å². The molecular formula is C20H25FN4O. The molecule has 1 aliphatic heterocycles. The Morgan fingerprint density at radius 3 is 2.42 bits per heavy atom. The number of hydrogen-bond donors (Lipinski definition) is 1. The molecule has 2 heterocycles.